The van der Waals surface area contributed by atoms with Crippen molar-refractivity contribution in [1.82, 2.24) is 24.8 Å². The molecule has 0 aromatic carbocycles. The number of carbonyl (C=O) groups is 1. The third kappa shape index (κ3) is 4.38. The minimum absolute atomic E-state index is 0.0217. The summed E-state index contributed by atoms with van der Waals surface area (Å²) in [6.45, 7) is 9.52. The highest BCUT2D eigenvalue weighted by Gasteiger charge is 2.45. The van der Waals surface area contributed by atoms with Crippen molar-refractivity contribution in [2.24, 2.45) is 18.7 Å². The predicted molar refractivity (Wildman–Crippen MR) is 130 cm³/mol. The van der Waals surface area contributed by atoms with Gasteiger partial charge in [-0.1, -0.05) is 20.8 Å². The quantitative estimate of drug-likeness (QED) is 0.604. The molecule has 1 unspecified atom stereocenters. The SMILES string of the molecule is CC[C@@H]1CN(c2nc(=O)n(C)c3ccc(C#N)nc23)[C@@H](C)CN1C(C(=O)NC1(N)CC1)C(C)C. The van der Waals surface area contributed by atoms with Gasteiger partial charge in [-0.25, -0.2) is 9.78 Å². The van der Waals surface area contributed by atoms with Crippen LogP contribution in [0.4, 0.5) is 5.82 Å². The maximum absolute atomic E-state index is 13.2. The second kappa shape index (κ2) is 8.96. The first-order chi connectivity index (χ1) is 16.1. The van der Waals surface area contributed by atoms with Crippen molar-refractivity contribution in [1.29, 1.82) is 5.26 Å². The number of hydrogen-bond acceptors (Lipinski definition) is 8. The number of nitrogens with two attached hydrogens (primary N) is 1. The molecule has 182 valence electrons. The first kappa shape index (κ1) is 24.1. The van der Waals surface area contributed by atoms with E-state index in [-0.39, 0.29) is 41.3 Å². The maximum Gasteiger partial charge on any atom is 0.349 e. The summed E-state index contributed by atoms with van der Waals surface area (Å²) in [5, 5.41) is 12.4. The van der Waals surface area contributed by atoms with Gasteiger partial charge < -0.3 is 16.0 Å². The third-order valence-corrected chi connectivity index (χ3v) is 7.10. The largest absolute Gasteiger partial charge is 0.349 e. The van der Waals surface area contributed by atoms with Gasteiger partial charge in [-0.3, -0.25) is 14.3 Å². The highest BCUT2D eigenvalue weighted by Crippen LogP contribution is 2.32. The molecule has 10 nitrogen and oxygen atoms in total. The second-order valence-electron chi connectivity index (χ2n) is 10.0. The van der Waals surface area contributed by atoms with Crippen molar-refractivity contribution in [3.63, 3.8) is 0 Å². The Hall–Kier alpha value is -3.03. The Morgan fingerprint density at radius 2 is 2.03 bits per heavy atom. The lowest BCUT2D eigenvalue weighted by Gasteiger charge is -2.49. The number of hydrogen-bond donors (Lipinski definition) is 2. The zero-order valence-corrected chi connectivity index (χ0v) is 20.6. The van der Waals surface area contributed by atoms with Crippen molar-refractivity contribution in [2.45, 2.75) is 70.7 Å². The lowest BCUT2D eigenvalue weighted by molar-refractivity contribution is -0.130. The number of carbonyl (C=O) groups excluding carboxylic acids is 1. The van der Waals surface area contributed by atoms with E-state index in [0.29, 0.717) is 29.9 Å². The van der Waals surface area contributed by atoms with Gasteiger partial charge in [-0.05, 0) is 44.2 Å². The molecular weight excluding hydrogens is 432 g/mol. The summed E-state index contributed by atoms with van der Waals surface area (Å²) >= 11 is 0. The van der Waals surface area contributed by atoms with E-state index in [9.17, 15) is 14.9 Å². The molecule has 2 fully saturated rings. The smallest absolute Gasteiger partial charge is 0.349 e. The van der Waals surface area contributed by atoms with E-state index < -0.39 is 5.66 Å². The summed E-state index contributed by atoms with van der Waals surface area (Å²) in [5.41, 5.74) is 6.70. The fraction of sp³-hybridized carbons (Fsp3) is 0.625. The van der Waals surface area contributed by atoms with Gasteiger partial charge in [0, 0.05) is 32.2 Å². The molecule has 0 bridgehead atoms. The van der Waals surface area contributed by atoms with Gasteiger partial charge in [-0.15, -0.1) is 0 Å². The number of rotatable bonds is 6. The minimum atomic E-state index is -0.559. The number of nitrogens with zero attached hydrogens (tertiary/aromatic N) is 6. The van der Waals surface area contributed by atoms with Crippen LogP contribution in [-0.2, 0) is 11.8 Å². The van der Waals surface area contributed by atoms with E-state index in [1.54, 1.807) is 19.2 Å². The van der Waals surface area contributed by atoms with Crippen LogP contribution in [0.15, 0.2) is 16.9 Å². The number of aromatic nitrogens is 3. The summed E-state index contributed by atoms with van der Waals surface area (Å²) in [5.74, 6) is 0.579. The van der Waals surface area contributed by atoms with Gasteiger partial charge in [0.25, 0.3) is 0 Å². The van der Waals surface area contributed by atoms with Gasteiger partial charge in [0.1, 0.15) is 17.3 Å². The number of amides is 1. The number of piperazine rings is 1. The molecule has 4 rings (SSSR count). The van der Waals surface area contributed by atoms with E-state index in [4.69, 9.17) is 5.73 Å². The highest BCUT2D eigenvalue weighted by atomic mass is 16.2. The van der Waals surface area contributed by atoms with Crippen LogP contribution in [-0.4, -0.2) is 62.2 Å². The van der Waals surface area contributed by atoms with Gasteiger partial charge in [0.15, 0.2) is 5.82 Å². The zero-order chi connectivity index (χ0) is 24.8. The zero-order valence-electron chi connectivity index (χ0n) is 20.6. The molecule has 1 saturated heterocycles. The monoisotopic (exact) mass is 466 g/mol. The first-order valence-corrected chi connectivity index (χ1v) is 12.0. The molecule has 10 heteroatoms. The van der Waals surface area contributed by atoms with E-state index in [1.165, 1.54) is 4.57 Å². The molecule has 1 aliphatic carbocycles. The lowest BCUT2D eigenvalue weighted by Crippen LogP contribution is -2.65. The van der Waals surface area contributed by atoms with Crippen molar-refractivity contribution in [3.05, 3.63) is 28.3 Å². The fourth-order valence-electron chi connectivity index (χ4n) is 4.95. The minimum Gasteiger partial charge on any atom is -0.349 e. The number of nitriles is 1. The molecule has 2 aromatic heterocycles. The summed E-state index contributed by atoms with van der Waals surface area (Å²) in [7, 11) is 1.65. The van der Waals surface area contributed by atoms with Gasteiger partial charge in [-0.2, -0.15) is 10.2 Å². The van der Waals surface area contributed by atoms with Gasteiger partial charge in [0.05, 0.1) is 17.2 Å². The van der Waals surface area contributed by atoms with E-state index in [0.717, 1.165) is 19.3 Å². The number of pyridine rings is 1. The van der Waals surface area contributed by atoms with Crippen LogP contribution in [0.5, 0.6) is 0 Å². The summed E-state index contributed by atoms with van der Waals surface area (Å²) in [6, 6.07) is 5.17. The van der Waals surface area contributed by atoms with Crippen LogP contribution < -0.4 is 21.6 Å². The van der Waals surface area contributed by atoms with Crippen LogP contribution in [0, 0.1) is 17.2 Å². The molecule has 1 saturated carbocycles. The number of fused-ring (bicyclic) bond motifs is 1. The van der Waals surface area contributed by atoms with Crippen molar-refractivity contribution in [3.8, 4) is 6.07 Å². The Morgan fingerprint density at radius 3 is 2.62 bits per heavy atom. The molecule has 3 atom stereocenters. The molecule has 1 amide bonds. The van der Waals surface area contributed by atoms with Crippen LogP contribution >= 0.6 is 0 Å². The average Bonchev–Trinajstić information content (AvgIpc) is 3.52. The van der Waals surface area contributed by atoms with E-state index >= 15 is 0 Å². The molecule has 2 aromatic rings. The van der Waals surface area contributed by atoms with Crippen molar-refractivity contribution in [2.75, 3.05) is 18.0 Å². The molecule has 0 radical (unpaired) electrons. The number of aryl methyl sites for hydroxylation is 1. The molecule has 1 aliphatic heterocycles. The predicted octanol–water partition coefficient (Wildman–Crippen LogP) is 1.08. The van der Waals surface area contributed by atoms with Crippen LogP contribution in [0.3, 0.4) is 0 Å². The molecule has 34 heavy (non-hydrogen) atoms. The summed E-state index contributed by atoms with van der Waals surface area (Å²) < 4.78 is 1.45. The maximum atomic E-state index is 13.2. The van der Waals surface area contributed by atoms with Gasteiger partial charge in [0.2, 0.25) is 5.91 Å². The third-order valence-electron chi connectivity index (χ3n) is 7.10. The molecule has 3 heterocycles. The highest BCUT2D eigenvalue weighted by molar-refractivity contribution is 5.86. The Balaban J connectivity index is 1.70. The summed E-state index contributed by atoms with van der Waals surface area (Å²) in [4.78, 5) is 39.1. The van der Waals surface area contributed by atoms with Crippen molar-refractivity contribution >= 4 is 22.8 Å². The Labute approximate surface area is 199 Å². The van der Waals surface area contributed by atoms with E-state index in [2.05, 4.69) is 58.8 Å². The molecule has 0 spiro atoms. The topological polar surface area (TPSA) is 133 Å². The van der Waals surface area contributed by atoms with Gasteiger partial charge >= 0.3 is 5.69 Å². The number of anilines is 1. The fourth-order valence-corrected chi connectivity index (χ4v) is 4.95. The normalized spacial score (nSPS) is 23.1. The lowest BCUT2D eigenvalue weighted by atomic mass is 9.95. The van der Waals surface area contributed by atoms with Crippen LogP contribution in [0.25, 0.3) is 11.0 Å². The van der Waals surface area contributed by atoms with Crippen molar-refractivity contribution < 1.29 is 4.79 Å². The standard InChI is InChI=1S/C24H34N8O2/c1-6-17-13-31(21-19-18(30(5)23(34)28-21)8-7-16(11-25)27-19)15(4)12-32(17)20(14(2)3)22(33)29-24(26)9-10-24/h7-8,14-15,17,20H,6,9-10,12-13,26H2,1-5H3,(H,29,33)/t15-,17+,20?/m0/s1. The Morgan fingerprint density at radius 1 is 1.32 bits per heavy atom. The molecular formula is C24H34N8O2. The first-order valence-electron chi connectivity index (χ1n) is 12.0. The Kier molecular flexibility index (Phi) is 6.36. The molecule has 3 N–H and O–H groups in total. The average molecular weight is 467 g/mol. The van der Waals surface area contributed by atoms with E-state index in [1.807, 2.05) is 0 Å². The summed E-state index contributed by atoms with van der Waals surface area (Å²) in [6.07, 6.45) is 2.45. The Bertz CT molecular complexity index is 1200. The van der Waals surface area contributed by atoms with Crippen LogP contribution in [0.1, 0.15) is 52.7 Å². The molecule has 2 aliphatic rings. The second-order valence-corrected chi connectivity index (χ2v) is 10.0. The number of nitrogens with one attached hydrogen (secondary N) is 1. The van der Waals surface area contributed by atoms with Crippen LogP contribution in [0.2, 0.25) is 0 Å².